The van der Waals surface area contributed by atoms with Gasteiger partial charge in [-0.3, -0.25) is 19.2 Å². The monoisotopic (exact) mass is 1870 g/mol. The number of allylic oxidation sites excluding steroid dienone is 2. The van der Waals surface area contributed by atoms with E-state index in [1.54, 1.807) is 43.5 Å². The summed E-state index contributed by atoms with van der Waals surface area (Å²) in [4.78, 5) is 80.0. The fourth-order valence-corrected chi connectivity index (χ4v) is 26.7. The van der Waals surface area contributed by atoms with Gasteiger partial charge in [0.1, 0.15) is 70.7 Å². The van der Waals surface area contributed by atoms with Gasteiger partial charge in [0.15, 0.2) is 11.6 Å². The second kappa shape index (κ2) is 37.9. The number of fused-ring (bicyclic) bond motifs is 13. The summed E-state index contributed by atoms with van der Waals surface area (Å²) >= 11 is 7.11. The number of aliphatic hydroxyl groups is 1. The lowest BCUT2D eigenvalue weighted by molar-refractivity contribution is -0.279. The molecule has 0 amide bonds. The molecule has 1 N–H and O–H groups in total. The van der Waals surface area contributed by atoms with Crippen molar-refractivity contribution in [2.75, 3.05) is 13.2 Å². The molecule has 129 heavy (non-hydrogen) atoms. The number of benzene rings is 2. The summed E-state index contributed by atoms with van der Waals surface area (Å²) in [6, 6.07) is 22.0. The standard InChI is InChI=1S/2C26H26BrN5O.C20H23N3O3.C16H26O3.C15H21NO2/c1-3-4-19-21-10-9-20-23(22-11-12-28-15-29-22)31-32(18-7-5-17(27)6-8-18)25(20)26(21,2)13-16-14-30-33-24(16)19;1-4-5-18-20-11-10-19-23(21-12-13-29-15-30-21)31-32(17-8-6-16(27)7-9-17)25(19)26(20,2)14-22(28-3)24(18)33;1-3-4-13-15-6-5-14(17(24)16-7-8-21-11-22-16)19(25)20(15,2)9-12-10-23-26-18(12)13;1-3-5-12-13-6-4-8-16(18-10-11-19-16)15(13,2)9-7-14(12)17;1-3-5-11-12-6-4-7-13(17)15(12,2)8-10-9-16-18-14(10)11/h5-8,11-12,14-15,19,21H,3-4,9-10,13H2,1-2H3;6-9,12-13,15,18,20,33H,4-5,10-11,14H2,1-2H3;7-8,10-11,13-15H,3-6,9H2,1-2H3;12-13H,3-11H2,1-2H3;9,11-12H,3-8H2,1-2H3/t19-,21-,26-;18-,20-,26-;13-,14?,15-,20-;12-,13-,15-;11-,12-,15-/m11111/s1. The summed E-state index contributed by atoms with van der Waals surface area (Å²) in [5.41, 5.74) is 13.7. The van der Waals surface area contributed by atoms with Gasteiger partial charge in [-0.15, -0.1) is 0 Å². The smallest absolute Gasteiger partial charge is 0.203 e. The highest BCUT2D eigenvalue weighted by Gasteiger charge is 2.63. The zero-order valence-electron chi connectivity index (χ0n) is 76.2. The first-order chi connectivity index (χ1) is 62.4. The van der Waals surface area contributed by atoms with Gasteiger partial charge in [0.05, 0.1) is 84.2 Å². The molecule has 10 aliphatic carbocycles. The lowest BCUT2D eigenvalue weighted by Crippen LogP contribution is -2.59. The van der Waals surface area contributed by atoms with Crippen LogP contribution in [0.15, 0.2) is 157 Å². The molecule has 2 aromatic carbocycles. The van der Waals surface area contributed by atoms with E-state index in [-0.39, 0.29) is 68.6 Å². The Bertz CT molecular complexity index is 5760. The fraction of sp³-hybridized carbons (Fsp3) is 0.553. The molecule has 0 bridgehead atoms. The van der Waals surface area contributed by atoms with E-state index < -0.39 is 11.3 Å². The average Bonchev–Trinajstić information content (AvgIpc) is 1.56. The van der Waals surface area contributed by atoms with Gasteiger partial charge in [-0.05, 0) is 225 Å². The van der Waals surface area contributed by atoms with Gasteiger partial charge in [0.2, 0.25) is 5.70 Å². The quantitative estimate of drug-likeness (QED) is 0.0534. The zero-order valence-corrected chi connectivity index (χ0v) is 79.4. The molecule has 9 heterocycles. The number of ketones is 4. The molecule has 1 aliphatic heterocycles. The SMILES string of the molecule is CCC[C@H]1C(=O)CC[C@]2(C)[C@@H]1CCCC21OCCO1.CCC[C@H]1c2oncc2C[C@@]2(C)C(=O)C(C(=O)c3ccncn3)CC[C@H]12.CCC[C@H]1c2oncc2C[C@@]2(C)C(=O)CCC[C@H]12.CCC[C@H]1c2oncc2C[C@@]2(C)c3c(c(-c4ccncn4)nn3-c3ccc(Br)cc3)CC[C@H]12.[C-]#[N+]C1=C(O)[C@H](CCC)[C@H]2CCc3c(-c4ccncn4)nn(-c4ccc(Br)cc4)c3[C@]2(C)C1. The number of nitrogens with zero attached hydrogens (tertiary/aromatic N) is 14. The van der Waals surface area contributed by atoms with Crippen LogP contribution in [0.5, 0.6) is 0 Å². The number of halogens is 2. The number of carbonyl (C=O) groups is 4. The Morgan fingerprint density at radius 1 is 0.496 bits per heavy atom. The third-order valence-electron chi connectivity index (χ3n) is 32.1. The molecule has 1 spiro atoms. The Morgan fingerprint density at radius 2 is 0.946 bits per heavy atom. The minimum Gasteiger partial charge on any atom is -0.523 e. The van der Waals surface area contributed by atoms with Gasteiger partial charge in [-0.2, -0.15) is 10.2 Å². The molecule has 10 aromatic rings. The minimum absolute atomic E-state index is 0.00164. The summed E-state index contributed by atoms with van der Waals surface area (Å²) in [6.07, 6.45) is 41.7. The van der Waals surface area contributed by atoms with E-state index in [4.69, 9.17) is 39.8 Å². The maximum Gasteiger partial charge on any atom is 0.203 e. The van der Waals surface area contributed by atoms with Gasteiger partial charge in [-0.25, -0.2) is 44.1 Å². The highest BCUT2D eigenvalue weighted by atomic mass is 79.9. The lowest BCUT2D eigenvalue weighted by Gasteiger charge is -2.56. The molecule has 678 valence electrons. The van der Waals surface area contributed by atoms with Gasteiger partial charge < -0.3 is 28.1 Å². The number of aromatic nitrogens is 13. The molecule has 21 rings (SSSR count). The number of hydrogen-bond donors (Lipinski definition) is 1. The van der Waals surface area contributed by atoms with E-state index in [9.17, 15) is 24.3 Å². The molecular weight excluding hydrogens is 1750 g/mol. The van der Waals surface area contributed by atoms with Crippen molar-refractivity contribution >= 4 is 55.0 Å². The first kappa shape index (κ1) is 91.2. The second-order valence-electron chi connectivity index (χ2n) is 39.4. The van der Waals surface area contributed by atoms with Crippen LogP contribution in [0.4, 0.5) is 0 Å². The third kappa shape index (κ3) is 16.5. The number of Topliss-reactive ketones (excluding diaryl/α,β-unsaturated/α-hetero) is 4. The van der Waals surface area contributed by atoms with E-state index in [0.717, 1.165) is 219 Å². The van der Waals surface area contributed by atoms with E-state index in [1.807, 2.05) is 43.6 Å². The van der Waals surface area contributed by atoms with Crippen LogP contribution in [-0.2, 0) is 66.8 Å². The van der Waals surface area contributed by atoms with Gasteiger partial charge >= 0.3 is 0 Å². The van der Waals surface area contributed by atoms with Gasteiger partial charge in [0.25, 0.3) is 0 Å². The summed E-state index contributed by atoms with van der Waals surface area (Å²) in [5.74, 6) is 6.30. The van der Waals surface area contributed by atoms with Crippen LogP contribution in [0.1, 0.15) is 302 Å². The molecule has 0 radical (unpaired) electrons. The molecule has 26 heteroatoms. The predicted octanol–water partition coefficient (Wildman–Crippen LogP) is 22.7. The van der Waals surface area contributed by atoms with Crippen molar-refractivity contribution in [2.45, 2.75) is 283 Å². The van der Waals surface area contributed by atoms with Crippen LogP contribution < -0.4 is 0 Å². The predicted molar refractivity (Wildman–Crippen MR) is 495 cm³/mol. The van der Waals surface area contributed by atoms with Crippen molar-refractivity contribution < 1.29 is 47.3 Å². The summed E-state index contributed by atoms with van der Waals surface area (Å²) < 4.78 is 35.3. The molecular formula is C103H122Br2N14O10. The number of aliphatic hydroxyl groups excluding tert-OH is 1. The largest absolute Gasteiger partial charge is 0.523 e. The molecule has 1 unspecified atom stereocenters. The van der Waals surface area contributed by atoms with Crippen LogP contribution in [0.2, 0.25) is 0 Å². The summed E-state index contributed by atoms with van der Waals surface area (Å²) in [7, 11) is 0. The number of carbonyl (C=O) groups excluding carboxylic acids is 4. The first-order valence-electron chi connectivity index (χ1n) is 47.5. The summed E-state index contributed by atoms with van der Waals surface area (Å²) in [6.45, 7) is 31.3. The van der Waals surface area contributed by atoms with Crippen molar-refractivity contribution in [3.63, 3.8) is 0 Å². The van der Waals surface area contributed by atoms with Crippen molar-refractivity contribution in [2.24, 2.45) is 63.6 Å². The van der Waals surface area contributed by atoms with E-state index in [1.165, 1.54) is 40.7 Å². The van der Waals surface area contributed by atoms with Crippen LogP contribution in [-0.4, -0.2) is 112 Å². The van der Waals surface area contributed by atoms with Crippen molar-refractivity contribution in [1.82, 2.24) is 64.9 Å². The summed E-state index contributed by atoms with van der Waals surface area (Å²) in [5, 5.41) is 33.4. The third-order valence-corrected chi connectivity index (χ3v) is 33.2. The average molecular weight is 1880 g/mol. The Balaban J connectivity index is 0.000000116. The Morgan fingerprint density at radius 3 is 1.43 bits per heavy atom. The molecule has 11 aliphatic rings. The molecule has 8 aromatic heterocycles. The van der Waals surface area contributed by atoms with Crippen LogP contribution in [0.25, 0.3) is 39.0 Å². The topological polar surface area (TPSA) is 302 Å². The second-order valence-corrected chi connectivity index (χ2v) is 41.2. The number of rotatable bonds is 16. The first-order valence-corrected chi connectivity index (χ1v) is 49.1. The minimum atomic E-state index is -0.616. The number of ether oxygens (including phenoxy) is 2. The van der Waals surface area contributed by atoms with Crippen molar-refractivity contribution in [3.8, 4) is 34.2 Å². The lowest BCUT2D eigenvalue weighted by atomic mass is 9.53. The highest BCUT2D eigenvalue weighted by Crippen LogP contribution is 2.63. The maximum atomic E-state index is 13.5. The van der Waals surface area contributed by atoms with Crippen LogP contribution in [0, 0.1) is 70.2 Å². The van der Waals surface area contributed by atoms with Gasteiger partial charge in [-0.1, -0.05) is 149 Å². The van der Waals surface area contributed by atoms with Crippen LogP contribution >= 0.6 is 31.9 Å². The Hall–Kier alpha value is -9.68. The van der Waals surface area contributed by atoms with Crippen molar-refractivity contribution in [1.29, 1.82) is 0 Å². The normalized spacial score (nSPS) is 29.4. The van der Waals surface area contributed by atoms with Crippen molar-refractivity contribution in [3.05, 3.63) is 217 Å². The number of hydrogen-bond acceptors (Lipinski definition) is 21. The Labute approximate surface area is 773 Å². The van der Waals surface area contributed by atoms with E-state index in [2.05, 4.69) is 190 Å². The Kier molecular flexibility index (Phi) is 26.8. The van der Waals surface area contributed by atoms with E-state index >= 15 is 0 Å². The van der Waals surface area contributed by atoms with Gasteiger partial charge in [0, 0.05) is 131 Å². The molecule has 4 saturated carbocycles. The zero-order chi connectivity index (χ0) is 90.3. The molecule has 1 saturated heterocycles. The highest BCUT2D eigenvalue weighted by molar-refractivity contribution is 9.10. The van der Waals surface area contributed by atoms with E-state index in [0.29, 0.717) is 97.2 Å². The van der Waals surface area contributed by atoms with Crippen LogP contribution in [0.3, 0.4) is 0 Å². The fourth-order valence-electron chi connectivity index (χ4n) is 26.2. The molecule has 24 nitrogen and oxygen atoms in total. The molecule has 16 atom stereocenters. The maximum absolute atomic E-state index is 13.5. The molecule has 5 fully saturated rings.